The Morgan fingerprint density at radius 3 is 2.53 bits per heavy atom. The fourth-order valence-corrected chi connectivity index (χ4v) is 1.23. The van der Waals surface area contributed by atoms with Crippen LogP contribution in [0.2, 0.25) is 0 Å². The largest absolute Gasteiger partial charge is 0.458 e. The lowest BCUT2D eigenvalue weighted by atomic mass is 10.1. The number of oxime groups is 1. The number of hydrogen-bond acceptors (Lipinski definition) is 4. The van der Waals surface area contributed by atoms with Gasteiger partial charge in [0, 0.05) is 12.3 Å². The van der Waals surface area contributed by atoms with Crippen molar-refractivity contribution in [1.82, 2.24) is 0 Å². The van der Waals surface area contributed by atoms with E-state index in [-0.39, 0.29) is 11.8 Å². The van der Waals surface area contributed by atoms with Gasteiger partial charge in [0.15, 0.2) is 5.71 Å². The molecule has 0 atom stereocenters. The van der Waals surface area contributed by atoms with E-state index in [1.54, 1.807) is 13.8 Å². The van der Waals surface area contributed by atoms with Gasteiger partial charge in [0.05, 0.1) is 6.10 Å². The monoisotopic (exact) mass is 235 g/mol. The fourth-order valence-electron chi connectivity index (χ4n) is 1.04. The number of carbonyl (C=O) groups is 1. The fraction of sp³-hybridized carbons (Fsp3) is 0.800. The molecule has 0 aliphatic rings. The second-order valence-corrected chi connectivity index (χ2v) is 3.88. The Balaban J connectivity index is 3.87. The number of rotatable bonds is 7. The molecule has 0 rings (SSSR count). The molecule has 15 heavy (non-hydrogen) atoms. The lowest BCUT2D eigenvalue weighted by molar-refractivity contribution is -0.139. The number of halogens is 1. The summed E-state index contributed by atoms with van der Waals surface area (Å²) in [5.41, 5.74) is 0.0817. The van der Waals surface area contributed by atoms with Crippen LogP contribution in [-0.4, -0.2) is 28.9 Å². The van der Waals surface area contributed by atoms with Crippen molar-refractivity contribution in [2.24, 2.45) is 5.16 Å². The number of unbranched alkanes of at least 4 members (excludes halogenated alkanes) is 2. The molecule has 1 N–H and O–H groups in total. The van der Waals surface area contributed by atoms with Crippen LogP contribution >= 0.6 is 11.6 Å². The highest BCUT2D eigenvalue weighted by Crippen LogP contribution is 2.04. The minimum Gasteiger partial charge on any atom is -0.458 e. The van der Waals surface area contributed by atoms with E-state index in [1.165, 1.54) is 0 Å². The summed E-state index contributed by atoms with van der Waals surface area (Å²) >= 11 is 5.51. The Kier molecular flexibility index (Phi) is 8.09. The van der Waals surface area contributed by atoms with E-state index in [4.69, 9.17) is 21.5 Å². The second kappa shape index (κ2) is 8.53. The third-order valence-electron chi connectivity index (χ3n) is 1.75. The summed E-state index contributed by atoms with van der Waals surface area (Å²) in [4.78, 5) is 11.3. The zero-order valence-corrected chi connectivity index (χ0v) is 9.96. The molecule has 0 bridgehead atoms. The summed E-state index contributed by atoms with van der Waals surface area (Å²) in [6.07, 6.45) is 2.83. The van der Waals surface area contributed by atoms with Crippen LogP contribution < -0.4 is 0 Å². The first-order valence-electron chi connectivity index (χ1n) is 5.09. The molecule has 5 heteroatoms. The minimum absolute atomic E-state index is 0.0817. The van der Waals surface area contributed by atoms with Gasteiger partial charge < -0.3 is 9.94 Å². The predicted molar refractivity (Wildman–Crippen MR) is 59.6 cm³/mol. The Morgan fingerprint density at radius 1 is 1.40 bits per heavy atom. The molecule has 0 aliphatic carbocycles. The van der Waals surface area contributed by atoms with Gasteiger partial charge in [-0.2, -0.15) is 0 Å². The molecule has 0 aromatic heterocycles. The Labute approximate surface area is 95.2 Å². The predicted octanol–water partition coefficient (Wildman–Crippen LogP) is 2.57. The molecule has 0 spiro atoms. The van der Waals surface area contributed by atoms with Gasteiger partial charge in [-0.05, 0) is 26.7 Å². The average molecular weight is 236 g/mol. The Morgan fingerprint density at radius 2 is 2.07 bits per heavy atom. The lowest BCUT2D eigenvalue weighted by Crippen LogP contribution is -2.21. The number of alkyl halides is 1. The molecule has 0 aromatic carbocycles. The quantitative estimate of drug-likeness (QED) is 0.184. The molecule has 0 amide bonds. The summed E-state index contributed by atoms with van der Waals surface area (Å²) in [5, 5.41) is 11.6. The van der Waals surface area contributed by atoms with Crippen molar-refractivity contribution in [2.45, 2.75) is 45.6 Å². The molecule has 0 fully saturated rings. The summed E-state index contributed by atoms with van der Waals surface area (Å²) in [6, 6.07) is 0. The number of ether oxygens (including phenoxy) is 1. The highest BCUT2D eigenvalue weighted by Gasteiger charge is 2.14. The van der Waals surface area contributed by atoms with Crippen molar-refractivity contribution in [3.63, 3.8) is 0 Å². The summed E-state index contributed by atoms with van der Waals surface area (Å²) in [7, 11) is 0. The van der Waals surface area contributed by atoms with Gasteiger partial charge in [0.1, 0.15) is 0 Å². The van der Waals surface area contributed by atoms with Gasteiger partial charge in [0.2, 0.25) is 0 Å². The highest BCUT2D eigenvalue weighted by molar-refractivity contribution is 6.36. The Bertz CT molecular complexity index is 217. The van der Waals surface area contributed by atoms with E-state index in [0.29, 0.717) is 12.3 Å². The van der Waals surface area contributed by atoms with Crippen LogP contribution in [0, 0.1) is 0 Å². The van der Waals surface area contributed by atoms with Crippen molar-refractivity contribution in [1.29, 1.82) is 0 Å². The number of nitrogens with zero attached hydrogens (tertiary/aromatic N) is 1. The van der Waals surface area contributed by atoms with E-state index in [2.05, 4.69) is 5.16 Å². The number of carbonyl (C=O) groups excluding carboxylic acids is 1. The molecular weight excluding hydrogens is 218 g/mol. The highest BCUT2D eigenvalue weighted by atomic mass is 35.5. The molecule has 0 aromatic rings. The third-order valence-corrected chi connectivity index (χ3v) is 2.01. The first-order valence-corrected chi connectivity index (χ1v) is 5.63. The normalized spacial score (nSPS) is 11.9. The summed E-state index contributed by atoms with van der Waals surface area (Å²) < 4.78 is 4.90. The second-order valence-electron chi connectivity index (χ2n) is 3.50. The van der Waals surface area contributed by atoms with Crippen LogP contribution in [0.3, 0.4) is 0 Å². The van der Waals surface area contributed by atoms with Gasteiger partial charge in [-0.3, -0.25) is 0 Å². The van der Waals surface area contributed by atoms with Gasteiger partial charge in [-0.1, -0.05) is 11.6 Å². The first-order chi connectivity index (χ1) is 7.11. The molecule has 88 valence electrons. The standard InChI is InChI=1S/C10H18ClNO3/c1-8(2)15-10(13)9(12-14)6-4-3-5-7-11/h8,14H,3-7H2,1-2H3/b12-9+. The molecular formula is C10H18ClNO3. The van der Waals surface area contributed by atoms with Crippen molar-refractivity contribution < 1.29 is 14.7 Å². The first kappa shape index (κ1) is 14.2. The maximum absolute atomic E-state index is 11.3. The maximum atomic E-state index is 11.3. The number of hydrogen-bond donors (Lipinski definition) is 1. The van der Waals surface area contributed by atoms with Crippen molar-refractivity contribution in [3.8, 4) is 0 Å². The molecule has 0 saturated carbocycles. The van der Waals surface area contributed by atoms with E-state index < -0.39 is 5.97 Å². The van der Waals surface area contributed by atoms with Gasteiger partial charge >= 0.3 is 5.97 Å². The van der Waals surface area contributed by atoms with Crippen LogP contribution in [0.25, 0.3) is 0 Å². The third kappa shape index (κ3) is 7.19. The van der Waals surface area contributed by atoms with Crippen LogP contribution in [-0.2, 0) is 9.53 Å². The topological polar surface area (TPSA) is 58.9 Å². The summed E-state index contributed by atoms with van der Waals surface area (Å²) in [6.45, 7) is 3.50. The van der Waals surface area contributed by atoms with Crippen molar-refractivity contribution in [2.75, 3.05) is 5.88 Å². The van der Waals surface area contributed by atoms with Crippen LogP contribution in [0.1, 0.15) is 39.5 Å². The molecule has 4 nitrogen and oxygen atoms in total. The maximum Gasteiger partial charge on any atom is 0.356 e. The zero-order valence-electron chi connectivity index (χ0n) is 9.20. The van der Waals surface area contributed by atoms with E-state index >= 15 is 0 Å². The van der Waals surface area contributed by atoms with Crippen LogP contribution in [0.4, 0.5) is 0 Å². The SMILES string of the molecule is CC(C)OC(=O)/C(CCCCCCl)=N/O. The number of esters is 1. The minimum atomic E-state index is -0.543. The van der Waals surface area contributed by atoms with E-state index in [0.717, 1.165) is 19.3 Å². The molecule has 0 heterocycles. The molecule has 0 aliphatic heterocycles. The van der Waals surface area contributed by atoms with Gasteiger partial charge in [-0.25, -0.2) is 4.79 Å². The van der Waals surface area contributed by atoms with E-state index in [1.807, 2.05) is 0 Å². The smallest absolute Gasteiger partial charge is 0.356 e. The van der Waals surface area contributed by atoms with Gasteiger partial charge in [0.25, 0.3) is 0 Å². The van der Waals surface area contributed by atoms with Crippen molar-refractivity contribution >= 4 is 23.3 Å². The Hall–Kier alpha value is -0.770. The van der Waals surface area contributed by atoms with Crippen molar-refractivity contribution in [3.05, 3.63) is 0 Å². The zero-order chi connectivity index (χ0) is 11.7. The summed E-state index contributed by atoms with van der Waals surface area (Å²) in [5.74, 6) is 0.0700. The average Bonchev–Trinajstić information content (AvgIpc) is 2.16. The molecule has 0 saturated heterocycles. The molecule has 0 unspecified atom stereocenters. The van der Waals surface area contributed by atoms with Gasteiger partial charge in [-0.15, -0.1) is 11.6 Å². The van der Waals surface area contributed by atoms with Crippen LogP contribution in [0.5, 0.6) is 0 Å². The molecule has 0 radical (unpaired) electrons. The van der Waals surface area contributed by atoms with E-state index in [9.17, 15) is 4.79 Å². The van der Waals surface area contributed by atoms with Crippen LogP contribution in [0.15, 0.2) is 5.16 Å². The lowest BCUT2D eigenvalue weighted by Gasteiger charge is -2.08.